The smallest absolute Gasteiger partial charge is 0.337 e. The highest BCUT2D eigenvalue weighted by molar-refractivity contribution is 7.91. The van der Waals surface area contributed by atoms with Crippen molar-refractivity contribution >= 4 is 39.0 Å². The maximum Gasteiger partial charge on any atom is 0.337 e. The quantitative estimate of drug-likeness (QED) is 0.864. The Morgan fingerprint density at radius 3 is 2.42 bits per heavy atom. The SMILES string of the molecule is CC(CO)CS(=O)(=O)c1cc(Cl)cc(C(=O)O)c1Cl. The number of aliphatic hydroxyl groups is 1. The molecule has 0 bridgehead atoms. The minimum absolute atomic E-state index is 0.0305. The van der Waals surface area contributed by atoms with Crippen molar-refractivity contribution in [1.29, 1.82) is 0 Å². The van der Waals surface area contributed by atoms with Crippen molar-refractivity contribution < 1.29 is 23.4 Å². The van der Waals surface area contributed by atoms with Crippen molar-refractivity contribution in [2.75, 3.05) is 12.4 Å². The van der Waals surface area contributed by atoms with Crippen LogP contribution in [0.4, 0.5) is 0 Å². The number of halogens is 2. The Balaban J connectivity index is 3.39. The van der Waals surface area contributed by atoms with Gasteiger partial charge in [-0.15, -0.1) is 0 Å². The monoisotopic (exact) mass is 326 g/mol. The molecule has 2 N–H and O–H groups in total. The molecule has 1 atom stereocenters. The third kappa shape index (κ3) is 3.82. The molecule has 0 radical (unpaired) electrons. The lowest BCUT2D eigenvalue weighted by molar-refractivity contribution is 0.0697. The van der Waals surface area contributed by atoms with Gasteiger partial charge in [0, 0.05) is 11.6 Å². The van der Waals surface area contributed by atoms with Gasteiger partial charge >= 0.3 is 5.97 Å². The number of aliphatic hydroxyl groups excluding tert-OH is 1. The molecule has 1 unspecified atom stereocenters. The Hall–Kier alpha value is -0.820. The Kier molecular flexibility index (Phi) is 5.20. The molecular formula is C11H12Cl2O5S. The molecule has 0 saturated carbocycles. The van der Waals surface area contributed by atoms with Gasteiger partial charge < -0.3 is 10.2 Å². The predicted molar refractivity (Wildman–Crippen MR) is 71.7 cm³/mol. The van der Waals surface area contributed by atoms with Gasteiger partial charge in [-0.2, -0.15) is 0 Å². The van der Waals surface area contributed by atoms with Crippen LogP contribution in [0.3, 0.4) is 0 Å². The first kappa shape index (κ1) is 16.2. The number of hydrogen-bond acceptors (Lipinski definition) is 4. The number of carbonyl (C=O) groups is 1. The van der Waals surface area contributed by atoms with E-state index >= 15 is 0 Å². The maximum atomic E-state index is 12.1. The first-order valence-corrected chi connectivity index (χ1v) is 7.65. The summed E-state index contributed by atoms with van der Waals surface area (Å²) >= 11 is 11.5. The van der Waals surface area contributed by atoms with E-state index in [1.54, 1.807) is 6.92 Å². The van der Waals surface area contributed by atoms with Crippen molar-refractivity contribution in [3.63, 3.8) is 0 Å². The van der Waals surface area contributed by atoms with Crippen molar-refractivity contribution in [2.24, 2.45) is 5.92 Å². The second-order valence-electron chi connectivity index (χ2n) is 4.14. The predicted octanol–water partition coefficient (Wildman–Crippen LogP) is 2.09. The van der Waals surface area contributed by atoms with Crippen LogP contribution >= 0.6 is 23.2 Å². The molecule has 1 aromatic carbocycles. The maximum absolute atomic E-state index is 12.1. The van der Waals surface area contributed by atoms with Crippen LogP contribution < -0.4 is 0 Å². The number of aromatic carboxylic acids is 1. The fraction of sp³-hybridized carbons (Fsp3) is 0.364. The molecular weight excluding hydrogens is 315 g/mol. The van der Waals surface area contributed by atoms with E-state index in [0.29, 0.717) is 0 Å². The van der Waals surface area contributed by atoms with Crippen LogP contribution in [0.25, 0.3) is 0 Å². The van der Waals surface area contributed by atoms with Crippen molar-refractivity contribution in [3.8, 4) is 0 Å². The fourth-order valence-corrected chi connectivity index (χ4v) is 4.01. The molecule has 106 valence electrons. The van der Waals surface area contributed by atoms with E-state index in [-0.39, 0.29) is 32.9 Å². The van der Waals surface area contributed by atoms with Crippen LogP contribution in [-0.4, -0.2) is 37.0 Å². The van der Waals surface area contributed by atoms with Gasteiger partial charge in [0.05, 0.1) is 21.2 Å². The summed E-state index contributed by atoms with van der Waals surface area (Å²) < 4.78 is 24.2. The summed E-state index contributed by atoms with van der Waals surface area (Å²) in [6.45, 7) is 1.25. The molecule has 0 fully saturated rings. The molecule has 0 aromatic heterocycles. The second-order valence-corrected chi connectivity index (χ2v) is 6.96. The van der Waals surface area contributed by atoms with Crippen LogP contribution in [0.2, 0.25) is 10.0 Å². The number of carboxylic acid groups (broad SMARTS) is 1. The molecule has 8 heteroatoms. The lowest BCUT2D eigenvalue weighted by Crippen LogP contribution is -2.18. The highest BCUT2D eigenvalue weighted by Gasteiger charge is 2.25. The lowest BCUT2D eigenvalue weighted by Gasteiger charge is -2.12. The van der Waals surface area contributed by atoms with E-state index in [1.807, 2.05) is 0 Å². The van der Waals surface area contributed by atoms with Gasteiger partial charge in [0.15, 0.2) is 9.84 Å². The summed E-state index contributed by atoms with van der Waals surface area (Å²) in [7, 11) is -3.82. The second kappa shape index (κ2) is 6.09. The number of rotatable bonds is 5. The summed E-state index contributed by atoms with van der Waals surface area (Å²) in [6, 6.07) is 2.19. The lowest BCUT2D eigenvalue weighted by atomic mass is 10.2. The van der Waals surface area contributed by atoms with E-state index < -0.39 is 21.7 Å². The van der Waals surface area contributed by atoms with E-state index in [1.165, 1.54) is 0 Å². The average molecular weight is 327 g/mol. The zero-order valence-corrected chi connectivity index (χ0v) is 12.3. The van der Waals surface area contributed by atoms with Crippen LogP contribution in [0.15, 0.2) is 17.0 Å². The minimum atomic E-state index is -3.82. The van der Waals surface area contributed by atoms with E-state index in [2.05, 4.69) is 0 Å². The van der Waals surface area contributed by atoms with Gasteiger partial charge in [-0.25, -0.2) is 13.2 Å². The number of hydrogen-bond donors (Lipinski definition) is 2. The van der Waals surface area contributed by atoms with Crippen LogP contribution in [0.1, 0.15) is 17.3 Å². The van der Waals surface area contributed by atoms with Crippen LogP contribution in [0.5, 0.6) is 0 Å². The van der Waals surface area contributed by atoms with Gasteiger partial charge in [0.1, 0.15) is 0 Å². The fourth-order valence-electron chi connectivity index (χ4n) is 1.46. The van der Waals surface area contributed by atoms with E-state index in [4.69, 9.17) is 33.4 Å². The molecule has 0 heterocycles. The highest BCUT2D eigenvalue weighted by Crippen LogP contribution is 2.30. The van der Waals surface area contributed by atoms with Gasteiger partial charge in [-0.1, -0.05) is 30.1 Å². The molecule has 1 rings (SSSR count). The van der Waals surface area contributed by atoms with Gasteiger partial charge in [0.2, 0.25) is 0 Å². The average Bonchev–Trinajstić information content (AvgIpc) is 2.30. The zero-order valence-electron chi connectivity index (χ0n) is 9.93. The highest BCUT2D eigenvalue weighted by atomic mass is 35.5. The molecule has 0 spiro atoms. The Morgan fingerprint density at radius 1 is 1.37 bits per heavy atom. The molecule has 1 aromatic rings. The summed E-state index contributed by atoms with van der Waals surface area (Å²) in [6.07, 6.45) is 0. The molecule has 0 aliphatic carbocycles. The number of benzene rings is 1. The Bertz CT molecular complexity index is 597. The van der Waals surface area contributed by atoms with Gasteiger partial charge in [0.25, 0.3) is 0 Å². The third-order valence-electron chi connectivity index (χ3n) is 2.39. The third-order valence-corrected chi connectivity index (χ3v) is 5.12. The topological polar surface area (TPSA) is 91.7 Å². The molecule has 0 aliphatic rings. The number of sulfone groups is 1. The zero-order chi connectivity index (χ0) is 14.8. The standard InChI is InChI=1S/C11H12Cl2O5S/c1-6(4-14)5-19(17,18)9-3-7(12)2-8(10(9)13)11(15)16/h2-3,6,14H,4-5H2,1H3,(H,15,16). The van der Waals surface area contributed by atoms with Crippen molar-refractivity contribution in [2.45, 2.75) is 11.8 Å². The summed E-state index contributed by atoms with van der Waals surface area (Å²) in [5.74, 6) is -2.20. The first-order valence-electron chi connectivity index (χ1n) is 5.25. The largest absolute Gasteiger partial charge is 0.478 e. The van der Waals surface area contributed by atoms with Gasteiger partial charge in [-0.3, -0.25) is 0 Å². The van der Waals surface area contributed by atoms with Crippen molar-refractivity contribution in [1.82, 2.24) is 0 Å². The molecule has 0 aliphatic heterocycles. The molecule has 0 saturated heterocycles. The summed E-state index contributed by atoms with van der Waals surface area (Å²) in [4.78, 5) is 10.6. The van der Waals surface area contributed by atoms with Gasteiger partial charge in [-0.05, 0) is 18.1 Å². The Morgan fingerprint density at radius 2 is 1.95 bits per heavy atom. The summed E-state index contributed by atoms with van der Waals surface area (Å²) in [5, 5.41) is 17.4. The van der Waals surface area contributed by atoms with Crippen LogP contribution in [0, 0.1) is 5.92 Å². The first-order chi connectivity index (χ1) is 8.69. The Labute approximate surface area is 120 Å². The molecule has 0 amide bonds. The van der Waals surface area contributed by atoms with Crippen molar-refractivity contribution in [3.05, 3.63) is 27.7 Å². The van der Waals surface area contributed by atoms with Crippen LogP contribution in [-0.2, 0) is 9.84 Å². The minimum Gasteiger partial charge on any atom is -0.478 e. The summed E-state index contributed by atoms with van der Waals surface area (Å²) in [5.41, 5.74) is -0.371. The van der Waals surface area contributed by atoms with E-state index in [0.717, 1.165) is 12.1 Å². The normalized spacial score (nSPS) is 13.3. The molecule has 5 nitrogen and oxygen atoms in total. The molecule has 19 heavy (non-hydrogen) atoms. The van der Waals surface area contributed by atoms with E-state index in [9.17, 15) is 13.2 Å². The number of carboxylic acids is 1.